The average molecular weight is 187 g/mol. The van der Waals surface area contributed by atoms with Gasteiger partial charge in [0, 0.05) is 0 Å². The fourth-order valence-corrected chi connectivity index (χ4v) is 2.37. The van der Waals surface area contributed by atoms with Crippen LogP contribution in [0.15, 0.2) is 0 Å². The molecule has 0 aliphatic rings. The van der Waals surface area contributed by atoms with E-state index in [1.807, 2.05) is 0 Å². The normalized spacial score (nSPS) is 9.50. The number of nitrogens with zero attached hydrogens (tertiary/aromatic N) is 1. The van der Waals surface area contributed by atoms with Gasteiger partial charge in [-0.3, -0.25) is 0 Å². The Morgan fingerprint density at radius 3 is 2.50 bits per heavy atom. The molecule has 3 heteroatoms. The van der Waals surface area contributed by atoms with E-state index >= 15 is 0 Å². The molecule has 0 fully saturated rings. The summed E-state index contributed by atoms with van der Waals surface area (Å²) in [5.74, 6) is 0. The standard InChI is InChI=1S/C5H12N.ClH.Zn/c1-4-5-6(2)3;;/h1,4-5H2,2-3H3;1H;/q;;+1/p-1. The molecule has 0 saturated heterocycles. The first kappa shape index (κ1) is 8.87. The van der Waals surface area contributed by atoms with Crippen molar-refractivity contribution in [3.8, 4) is 0 Å². The molecule has 1 nitrogen and oxygen atoms in total. The van der Waals surface area contributed by atoms with Gasteiger partial charge in [0.25, 0.3) is 0 Å². The van der Waals surface area contributed by atoms with Crippen LogP contribution in [0.4, 0.5) is 0 Å². The summed E-state index contributed by atoms with van der Waals surface area (Å²) in [7, 11) is 9.85. The van der Waals surface area contributed by atoms with Crippen LogP contribution in [0.2, 0.25) is 5.02 Å². The van der Waals surface area contributed by atoms with Crippen molar-refractivity contribution in [3.63, 3.8) is 0 Å². The summed E-state index contributed by atoms with van der Waals surface area (Å²) in [6, 6.07) is 0. The maximum atomic E-state index is 5.65. The number of hydrogen-bond acceptors (Lipinski definition) is 1. The molecule has 0 rings (SSSR count). The molecule has 0 atom stereocenters. The van der Waals surface area contributed by atoms with Crippen molar-refractivity contribution in [2.24, 2.45) is 0 Å². The van der Waals surface area contributed by atoms with Crippen molar-refractivity contribution >= 4 is 9.69 Å². The molecule has 0 spiro atoms. The van der Waals surface area contributed by atoms with E-state index < -0.39 is 16.1 Å². The second kappa shape index (κ2) is 6.00. The molecule has 0 bridgehead atoms. The van der Waals surface area contributed by atoms with Crippen molar-refractivity contribution < 1.29 is 16.1 Å². The molecule has 0 N–H and O–H groups in total. The first-order valence-electron chi connectivity index (χ1n) is 2.98. The van der Waals surface area contributed by atoms with Crippen LogP contribution in [0.25, 0.3) is 0 Å². The van der Waals surface area contributed by atoms with Gasteiger partial charge < -0.3 is 0 Å². The van der Waals surface area contributed by atoms with E-state index in [1.54, 1.807) is 0 Å². The molecule has 0 saturated carbocycles. The van der Waals surface area contributed by atoms with Crippen molar-refractivity contribution in [1.29, 1.82) is 0 Å². The summed E-state index contributed by atoms with van der Waals surface area (Å²) in [5.41, 5.74) is 0. The van der Waals surface area contributed by atoms with Gasteiger partial charge in [0.1, 0.15) is 0 Å². The third-order valence-corrected chi connectivity index (χ3v) is 3.99. The summed E-state index contributed by atoms with van der Waals surface area (Å²) in [4.78, 5) is 2.20. The zero-order valence-electron chi connectivity index (χ0n) is 5.65. The summed E-state index contributed by atoms with van der Waals surface area (Å²) in [6.07, 6.45) is 1.30. The fraction of sp³-hybridized carbons (Fsp3) is 1.00. The van der Waals surface area contributed by atoms with E-state index in [-0.39, 0.29) is 0 Å². The minimum absolute atomic E-state index is 0.527. The van der Waals surface area contributed by atoms with Crippen molar-refractivity contribution in [2.45, 2.75) is 11.4 Å². The van der Waals surface area contributed by atoms with Crippen LogP contribution in [0.3, 0.4) is 0 Å². The number of halogens is 1. The van der Waals surface area contributed by atoms with Crippen molar-refractivity contribution in [1.82, 2.24) is 4.90 Å². The van der Waals surface area contributed by atoms with Crippen molar-refractivity contribution in [3.05, 3.63) is 0 Å². The molecule has 0 aromatic rings. The molecule has 0 amide bonds. The predicted molar refractivity (Wildman–Crippen MR) is 33.8 cm³/mol. The van der Waals surface area contributed by atoms with Crippen LogP contribution in [0.5, 0.6) is 0 Å². The van der Waals surface area contributed by atoms with Crippen LogP contribution in [0, 0.1) is 0 Å². The van der Waals surface area contributed by atoms with E-state index in [9.17, 15) is 0 Å². The molecular formula is C5H12ClNZn. The van der Waals surface area contributed by atoms with Gasteiger partial charge in [0.2, 0.25) is 0 Å². The van der Waals surface area contributed by atoms with Gasteiger partial charge in [-0.1, -0.05) is 0 Å². The minimum atomic E-state index is -0.527. The van der Waals surface area contributed by atoms with E-state index in [0.717, 1.165) is 0 Å². The zero-order valence-corrected chi connectivity index (χ0v) is 9.38. The van der Waals surface area contributed by atoms with Gasteiger partial charge in [-0.05, 0) is 0 Å². The van der Waals surface area contributed by atoms with Gasteiger partial charge in [-0.2, -0.15) is 0 Å². The summed E-state index contributed by atoms with van der Waals surface area (Å²) in [6.45, 7) is 1.21. The zero-order chi connectivity index (χ0) is 6.41. The average Bonchev–Trinajstić information content (AvgIpc) is 1.66. The van der Waals surface area contributed by atoms with Crippen LogP contribution in [0.1, 0.15) is 6.42 Å². The van der Waals surface area contributed by atoms with Crippen LogP contribution < -0.4 is 0 Å². The SMILES string of the molecule is CN(C)CC[CH2][Zn][Cl]. The van der Waals surface area contributed by atoms with Crippen LogP contribution >= 0.6 is 9.69 Å². The summed E-state index contributed by atoms with van der Waals surface area (Å²) in [5, 5.41) is 1.33. The van der Waals surface area contributed by atoms with Crippen LogP contribution in [-0.2, 0) is 16.1 Å². The molecule has 0 radical (unpaired) electrons. The fourth-order valence-electron chi connectivity index (χ4n) is 0.523. The third kappa shape index (κ3) is 6.87. The predicted octanol–water partition coefficient (Wildman–Crippen LogP) is 1.59. The molecule has 0 aromatic heterocycles. The molecule has 0 aromatic carbocycles. The number of hydrogen-bond donors (Lipinski definition) is 0. The van der Waals surface area contributed by atoms with Gasteiger partial charge in [0.05, 0.1) is 0 Å². The molecule has 8 heavy (non-hydrogen) atoms. The second-order valence-corrected chi connectivity index (χ2v) is 6.44. The second-order valence-electron chi connectivity index (χ2n) is 2.20. The topological polar surface area (TPSA) is 3.24 Å². The first-order valence-corrected chi connectivity index (χ1v) is 8.97. The Hall–Kier alpha value is 0.873. The number of rotatable bonds is 4. The van der Waals surface area contributed by atoms with E-state index in [0.29, 0.717) is 0 Å². The quantitative estimate of drug-likeness (QED) is 0.477. The maximum absolute atomic E-state index is 5.65. The Bertz CT molecular complexity index is 49.7. The molecule has 0 aliphatic carbocycles. The Morgan fingerprint density at radius 1 is 1.50 bits per heavy atom. The van der Waals surface area contributed by atoms with E-state index in [4.69, 9.17) is 9.69 Å². The molecule has 0 unspecified atom stereocenters. The Balaban J connectivity index is 2.72. The third-order valence-electron chi connectivity index (χ3n) is 0.989. The Kier molecular flexibility index (Phi) is 6.66. The van der Waals surface area contributed by atoms with Crippen molar-refractivity contribution in [2.75, 3.05) is 20.6 Å². The van der Waals surface area contributed by atoms with Gasteiger partial charge in [0.15, 0.2) is 0 Å². The van der Waals surface area contributed by atoms with Gasteiger partial charge in [-0.25, -0.2) is 0 Å². The van der Waals surface area contributed by atoms with Crippen LogP contribution in [-0.4, -0.2) is 25.5 Å². The molecule has 46 valence electrons. The Morgan fingerprint density at radius 2 is 2.12 bits per heavy atom. The van der Waals surface area contributed by atoms with E-state index in [1.165, 1.54) is 18.0 Å². The molecular weight excluding hydrogens is 175 g/mol. The summed E-state index contributed by atoms with van der Waals surface area (Å²) >= 11 is -0.527. The molecule has 0 aliphatic heterocycles. The first-order chi connectivity index (χ1) is 3.77. The monoisotopic (exact) mass is 185 g/mol. The summed E-state index contributed by atoms with van der Waals surface area (Å²) < 4.78 is 0. The van der Waals surface area contributed by atoms with E-state index in [2.05, 4.69) is 19.0 Å². The van der Waals surface area contributed by atoms with Gasteiger partial charge >= 0.3 is 62.8 Å². The molecule has 0 heterocycles. The Labute approximate surface area is 63.0 Å². The van der Waals surface area contributed by atoms with Gasteiger partial charge in [-0.15, -0.1) is 0 Å².